The van der Waals surface area contributed by atoms with E-state index >= 15 is 0 Å². The molecule has 0 aliphatic carbocycles. The van der Waals surface area contributed by atoms with Crippen molar-refractivity contribution in [3.8, 4) is 0 Å². The van der Waals surface area contributed by atoms with Gasteiger partial charge in [0.05, 0.1) is 0 Å². The highest BCUT2D eigenvalue weighted by Crippen LogP contribution is 1.98. The van der Waals surface area contributed by atoms with Crippen molar-refractivity contribution < 1.29 is 0 Å². The molecule has 0 aromatic rings. The Labute approximate surface area is 82.3 Å². The van der Waals surface area contributed by atoms with Crippen molar-refractivity contribution in [2.24, 2.45) is 0 Å². The monoisotopic (exact) mass is 185 g/mol. The van der Waals surface area contributed by atoms with Crippen molar-refractivity contribution in [1.29, 1.82) is 0 Å². The first-order valence-corrected chi connectivity index (χ1v) is 5.24. The third kappa shape index (κ3) is 4.60. The summed E-state index contributed by atoms with van der Waals surface area (Å²) in [6.45, 7) is 7.57. The van der Waals surface area contributed by atoms with Crippen molar-refractivity contribution in [3.05, 3.63) is 0 Å². The van der Waals surface area contributed by atoms with E-state index in [9.17, 15) is 0 Å². The number of likely N-dealkylation sites (tertiary alicyclic amines) is 1. The minimum Gasteiger partial charge on any atom is -0.306 e. The molecule has 2 aliphatic heterocycles. The highest BCUT2D eigenvalue weighted by atomic mass is 15.2. The number of hydrogen-bond donors (Lipinski definition) is 0. The Morgan fingerprint density at radius 1 is 0.538 bits per heavy atom. The van der Waals surface area contributed by atoms with Gasteiger partial charge in [-0.25, -0.2) is 0 Å². The molecule has 2 fully saturated rings. The Hall–Kier alpha value is -0.120. The summed E-state index contributed by atoms with van der Waals surface area (Å²) in [5.41, 5.74) is 0. The van der Waals surface area contributed by atoms with E-state index in [1.165, 1.54) is 45.7 Å². The van der Waals surface area contributed by atoms with Gasteiger partial charge in [-0.05, 0) is 40.7 Å². The van der Waals surface area contributed by atoms with Gasteiger partial charge in [-0.1, -0.05) is 0 Å². The summed E-state index contributed by atoms with van der Waals surface area (Å²) in [5.74, 6) is 0. The molecule has 2 saturated heterocycles. The van der Waals surface area contributed by atoms with Gasteiger partial charge < -0.3 is 14.7 Å². The Kier molecular flexibility index (Phi) is 4.70. The molecule has 3 heteroatoms. The summed E-state index contributed by atoms with van der Waals surface area (Å²) in [6.07, 6.45) is 1.41. The van der Waals surface area contributed by atoms with Crippen LogP contribution in [-0.2, 0) is 0 Å². The van der Waals surface area contributed by atoms with E-state index in [4.69, 9.17) is 0 Å². The molecule has 0 aromatic carbocycles. The van der Waals surface area contributed by atoms with E-state index in [0.717, 1.165) is 0 Å². The summed E-state index contributed by atoms with van der Waals surface area (Å²) in [6, 6.07) is 0. The van der Waals surface area contributed by atoms with Crippen LogP contribution in [0.4, 0.5) is 0 Å². The third-order valence-electron chi connectivity index (χ3n) is 2.81. The zero-order chi connectivity index (χ0) is 9.68. The van der Waals surface area contributed by atoms with Gasteiger partial charge in [-0.3, -0.25) is 0 Å². The van der Waals surface area contributed by atoms with Crippen LogP contribution in [0.2, 0.25) is 0 Å². The third-order valence-corrected chi connectivity index (χ3v) is 2.81. The normalized spacial score (nSPS) is 26.1. The Morgan fingerprint density at radius 3 is 0.923 bits per heavy atom. The van der Waals surface area contributed by atoms with E-state index in [2.05, 4.69) is 35.8 Å². The number of rotatable bonds is 0. The SMILES string of the molecule is CN1CCC1.CN1CCN(C)CC1. The van der Waals surface area contributed by atoms with Crippen molar-refractivity contribution in [2.75, 3.05) is 60.4 Å². The summed E-state index contributed by atoms with van der Waals surface area (Å²) in [4.78, 5) is 7.03. The quantitative estimate of drug-likeness (QED) is 0.533. The summed E-state index contributed by atoms with van der Waals surface area (Å²) < 4.78 is 0. The van der Waals surface area contributed by atoms with E-state index in [-0.39, 0.29) is 0 Å². The minimum atomic E-state index is 1.23. The maximum Gasteiger partial charge on any atom is 0.0107 e. The number of likely N-dealkylation sites (N-methyl/N-ethyl adjacent to an activating group) is 2. The fraction of sp³-hybridized carbons (Fsp3) is 1.00. The van der Waals surface area contributed by atoms with Crippen molar-refractivity contribution >= 4 is 0 Å². The smallest absolute Gasteiger partial charge is 0.0107 e. The zero-order valence-corrected chi connectivity index (χ0v) is 9.29. The molecule has 0 atom stereocenters. The highest BCUT2D eigenvalue weighted by Gasteiger charge is 2.07. The maximum absolute atomic E-state index is 2.36. The molecule has 2 heterocycles. The lowest BCUT2D eigenvalue weighted by molar-refractivity contribution is 0.181. The Balaban J connectivity index is 0.000000145. The highest BCUT2D eigenvalue weighted by molar-refractivity contribution is 4.64. The largest absolute Gasteiger partial charge is 0.306 e. The first-order valence-electron chi connectivity index (χ1n) is 5.24. The fourth-order valence-corrected chi connectivity index (χ4v) is 1.38. The van der Waals surface area contributed by atoms with Gasteiger partial charge in [0, 0.05) is 26.2 Å². The summed E-state index contributed by atoms with van der Waals surface area (Å²) in [7, 11) is 6.49. The lowest BCUT2D eigenvalue weighted by atomic mass is 10.3. The van der Waals surface area contributed by atoms with Gasteiger partial charge >= 0.3 is 0 Å². The molecule has 0 saturated carbocycles. The van der Waals surface area contributed by atoms with Crippen molar-refractivity contribution in [1.82, 2.24) is 14.7 Å². The van der Waals surface area contributed by atoms with E-state index in [1.807, 2.05) is 0 Å². The van der Waals surface area contributed by atoms with Gasteiger partial charge in [0.15, 0.2) is 0 Å². The molecule has 0 radical (unpaired) electrons. The standard InChI is InChI=1S/C6H14N2.C4H9N/c1-7-3-5-8(2)6-4-7;1-5-3-2-4-5/h3-6H2,1-2H3;2-4H2,1H3. The second-order valence-electron chi connectivity index (χ2n) is 4.26. The van der Waals surface area contributed by atoms with Crippen LogP contribution in [0.15, 0.2) is 0 Å². The van der Waals surface area contributed by atoms with Crippen LogP contribution in [0.25, 0.3) is 0 Å². The lowest BCUT2D eigenvalue weighted by Gasteiger charge is -2.28. The van der Waals surface area contributed by atoms with Gasteiger partial charge in [-0.2, -0.15) is 0 Å². The molecule has 2 rings (SSSR count). The second-order valence-corrected chi connectivity index (χ2v) is 4.26. The summed E-state index contributed by atoms with van der Waals surface area (Å²) >= 11 is 0. The van der Waals surface area contributed by atoms with E-state index in [0.29, 0.717) is 0 Å². The van der Waals surface area contributed by atoms with Crippen LogP contribution in [-0.4, -0.2) is 75.1 Å². The number of piperazine rings is 1. The first kappa shape index (κ1) is 11.0. The molecule has 0 aromatic heterocycles. The molecular weight excluding hydrogens is 162 g/mol. The first-order chi connectivity index (χ1) is 6.18. The van der Waals surface area contributed by atoms with Gasteiger partial charge in [0.25, 0.3) is 0 Å². The molecule has 3 nitrogen and oxygen atoms in total. The molecule has 2 aliphatic rings. The average molecular weight is 185 g/mol. The second kappa shape index (κ2) is 5.58. The van der Waals surface area contributed by atoms with Crippen LogP contribution in [0.5, 0.6) is 0 Å². The fourth-order valence-electron chi connectivity index (χ4n) is 1.38. The van der Waals surface area contributed by atoms with E-state index in [1.54, 1.807) is 0 Å². The van der Waals surface area contributed by atoms with Crippen LogP contribution in [0.1, 0.15) is 6.42 Å². The van der Waals surface area contributed by atoms with Gasteiger partial charge in [0.2, 0.25) is 0 Å². The molecule has 78 valence electrons. The zero-order valence-electron chi connectivity index (χ0n) is 9.29. The molecule has 0 amide bonds. The summed E-state index contributed by atoms with van der Waals surface area (Å²) in [5, 5.41) is 0. The minimum absolute atomic E-state index is 1.23. The van der Waals surface area contributed by atoms with Crippen molar-refractivity contribution in [2.45, 2.75) is 6.42 Å². The number of hydrogen-bond acceptors (Lipinski definition) is 3. The molecule has 0 unspecified atom stereocenters. The molecular formula is C10H23N3. The Morgan fingerprint density at radius 2 is 0.769 bits per heavy atom. The van der Waals surface area contributed by atoms with E-state index < -0.39 is 0 Å². The van der Waals surface area contributed by atoms with Crippen LogP contribution < -0.4 is 0 Å². The van der Waals surface area contributed by atoms with Crippen LogP contribution in [0, 0.1) is 0 Å². The average Bonchev–Trinajstić information content (AvgIpc) is 2.08. The predicted octanol–water partition coefficient (Wildman–Crippen LogP) is 0.186. The van der Waals surface area contributed by atoms with Crippen LogP contribution >= 0.6 is 0 Å². The number of nitrogens with zero attached hydrogens (tertiary/aromatic N) is 3. The Bertz CT molecular complexity index is 116. The molecule has 0 N–H and O–H groups in total. The van der Waals surface area contributed by atoms with Crippen LogP contribution in [0.3, 0.4) is 0 Å². The molecule has 0 spiro atoms. The lowest BCUT2D eigenvalue weighted by Crippen LogP contribution is -2.42. The van der Waals surface area contributed by atoms with Gasteiger partial charge in [0.1, 0.15) is 0 Å². The maximum atomic E-state index is 2.36. The molecule has 13 heavy (non-hydrogen) atoms. The predicted molar refractivity (Wildman–Crippen MR) is 57.1 cm³/mol. The topological polar surface area (TPSA) is 9.72 Å². The molecule has 0 bridgehead atoms. The van der Waals surface area contributed by atoms with Crippen molar-refractivity contribution in [3.63, 3.8) is 0 Å². The van der Waals surface area contributed by atoms with Gasteiger partial charge in [-0.15, -0.1) is 0 Å².